The smallest absolute Gasteiger partial charge is 0.242 e. The van der Waals surface area contributed by atoms with Crippen LogP contribution in [0.4, 0.5) is 5.69 Å². The number of carbonyl (C=O) groups is 1. The Labute approximate surface area is 189 Å². The average Bonchev–Trinajstić information content (AvgIpc) is 2.68. The molecule has 1 amide bonds. The Morgan fingerprint density at radius 1 is 1.24 bits per heavy atom. The molecule has 0 saturated carbocycles. The number of carbonyl (C=O) groups excluding carboxylic acids is 1. The first-order valence-electron chi connectivity index (χ1n) is 8.63. The van der Waals surface area contributed by atoms with Gasteiger partial charge >= 0.3 is 0 Å². The number of hydrogen-bond acceptors (Lipinski definition) is 6. The molecule has 158 valence electrons. The second-order valence-electron chi connectivity index (χ2n) is 5.84. The predicted octanol–water partition coefficient (Wildman–Crippen LogP) is 4.54. The van der Waals surface area contributed by atoms with Gasteiger partial charge < -0.3 is 5.32 Å². The van der Waals surface area contributed by atoms with Crippen LogP contribution in [0.15, 0.2) is 46.5 Å². The molecule has 0 bridgehead atoms. The fourth-order valence-electron chi connectivity index (χ4n) is 2.33. The van der Waals surface area contributed by atoms with E-state index in [1.807, 2.05) is 13.2 Å². The number of thioether (sulfide) groups is 2. The summed E-state index contributed by atoms with van der Waals surface area (Å²) in [6, 6.07) is 6.70. The molecular formula is C18H21Cl2N3O3S3. The van der Waals surface area contributed by atoms with Gasteiger partial charge in [0.15, 0.2) is 0 Å². The maximum atomic E-state index is 12.8. The number of pyridine rings is 1. The minimum atomic E-state index is -4.05. The number of hydrogen-bond donors (Lipinski definition) is 2. The van der Waals surface area contributed by atoms with Crippen LogP contribution >= 0.6 is 46.7 Å². The second-order valence-corrected chi connectivity index (χ2v) is 10.6. The Balaban J connectivity index is 2.19. The van der Waals surface area contributed by atoms with E-state index < -0.39 is 22.0 Å². The van der Waals surface area contributed by atoms with Crippen molar-refractivity contribution in [2.45, 2.75) is 29.3 Å². The maximum Gasteiger partial charge on any atom is 0.242 e. The van der Waals surface area contributed by atoms with Crippen LogP contribution in [0.5, 0.6) is 0 Å². The van der Waals surface area contributed by atoms with E-state index in [2.05, 4.69) is 15.0 Å². The largest absolute Gasteiger partial charge is 0.323 e. The van der Waals surface area contributed by atoms with Crippen molar-refractivity contribution in [1.29, 1.82) is 0 Å². The van der Waals surface area contributed by atoms with Crippen molar-refractivity contribution >= 4 is 68.3 Å². The Morgan fingerprint density at radius 2 is 2.00 bits per heavy atom. The molecule has 1 aromatic heterocycles. The summed E-state index contributed by atoms with van der Waals surface area (Å²) in [6.45, 7) is 2.02. The molecule has 0 spiro atoms. The minimum absolute atomic E-state index is 0.0270. The van der Waals surface area contributed by atoms with Crippen LogP contribution in [0.1, 0.15) is 13.3 Å². The third-order valence-electron chi connectivity index (χ3n) is 3.70. The standard InChI is InChI=1S/C18H21Cl2N3O3S3/c1-3-28-17-7-5-13(11-21-17)22-18(24)15(8-9-27-2)23-29(25,26)16-10-12(19)4-6-14(16)20/h4-7,10-11,15,23H,3,8-9H2,1-2H3,(H,22,24). The molecule has 0 aliphatic rings. The zero-order valence-electron chi connectivity index (χ0n) is 15.8. The van der Waals surface area contributed by atoms with Gasteiger partial charge in [0, 0.05) is 5.02 Å². The Hall–Kier alpha value is -0.970. The molecule has 0 fully saturated rings. The lowest BCUT2D eigenvalue weighted by Crippen LogP contribution is -2.44. The SMILES string of the molecule is CCSc1ccc(NC(=O)C(CCSC)NS(=O)(=O)c2cc(Cl)ccc2Cl)cn1. The van der Waals surface area contributed by atoms with E-state index >= 15 is 0 Å². The number of anilines is 1. The van der Waals surface area contributed by atoms with Gasteiger partial charge in [-0.3, -0.25) is 4.79 Å². The lowest BCUT2D eigenvalue weighted by Gasteiger charge is -2.19. The number of benzene rings is 1. The fraction of sp³-hybridized carbons (Fsp3) is 0.333. The minimum Gasteiger partial charge on any atom is -0.323 e. The topological polar surface area (TPSA) is 88.2 Å². The van der Waals surface area contributed by atoms with Crippen molar-refractivity contribution in [2.75, 3.05) is 23.1 Å². The van der Waals surface area contributed by atoms with Crippen LogP contribution in [0, 0.1) is 0 Å². The Bertz CT molecular complexity index is 941. The Kier molecular flexibility index (Phi) is 9.58. The van der Waals surface area contributed by atoms with E-state index in [1.54, 1.807) is 30.1 Å². The highest BCUT2D eigenvalue weighted by atomic mass is 35.5. The molecule has 1 unspecified atom stereocenters. The first-order chi connectivity index (χ1) is 13.8. The van der Waals surface area contributed by atoms with Crippen LogP contribution in [0.25, 0.3) is 0 Å². The van der Waals surface area contributed by atoms with E-state index in [0.717, 1.165) is 10.8 Å². The molecule has 1 atom stereocenters. The van der Waals surface area contributed by atoms with Crippen LogP contribution in [-0.2, 0) is 14.8 Å². The number of sulfonamides is 1. The zero-order chi connectivity index (χ0) is 21.4. The highest BCUT2D eigenvalue weighted by Gasteiger charge is 2.27. The van der Waals surface area contributed by atoms with Crippen LogP contribution in [0.3, 0.4) is 0 Å². The molecule has 1 heterocycles. The summed E-state index contributed by atoms with van der Waals surface area (Å²) in [5.74, 6) is 1.01. The van der Waals surface area contributed by atoms with Gasteiger partial charge in [-0.25, -0.2) is 13.4 Å². The summed E-state index contributed by atoms with van der Waals surface area (Å²) < 4.78 is 28.0. The van der Waals surface area contributed by atoms with Gasteiger partial charge in [0.2, 0.25) is 15.9 Å². The summed E-state index contributed by atoms with van der Waals surface area (Å²) >= 11 is 15.0. The second kappa shape index (κ2) is 11.4. The fourth-order valence-corrected chi connectivity index (χ4v) is 5.38. The number of aromatic nitrogens is 1. The van der Waals surface area contributed by atoms with Crippen molar-refractivity contribution in [3.63, 3.8) is 0 Å². The normalized spacial score (nSPS) is 12.6. The molecule has 0 aliphatic carbocycles. The van der Waals surface area contributed by atoms with Gasteiger partial charge in [-0.15, -0.1) is 11.8 Å². The predicted molar refractivity (Wildman–Crippen MR) is 123 cm³/mol. The summed E-state index contributed by atoms with van der Waals surface area (Å²) in [6.07, 6.45) is 3.73. The van der Waals surface area contributed by atoms with E-state index in [-0.39, 0.29) is 14.9 Å². The van der Waals surface area contributed by atoms with Crippen molar-refractivity contribution in [2.24, 2.45) is 0 Å². The molecular weight excluding hydrogens is 473 g/mol. The molecule has 0 radical (unpaired) electrons. The maximum absolute atomic E-state index is 12.8. The highest BCUT2D eigenvalue weighted by molar-refractivity contribution is 7.99. The number of nitrogens with one attached hydrogen (secondary N) is 2. The number of rotatable bonds is 10. The van der Waals surface area contributed by atoms with Gasteiger partial charge in [-0.05, 0) is 54.5 Å². The van der Waals surface area contributed by atoms with E-state index in [1.165, 1.54) is 30.0 Å². The summed E-state index contributed by atoms with van der Waals surface area (Å²) in [5, 5.41) is 3.82. The van der Waals surface area contributed by atoms with Gasteiger partial charge in [0.25, 0.3) is 0 Å². The molecule has 0 aliphatic heterocycles. The molecule has 11 heteroatoms. The van der Waals surface area contributed by atoms with E-state index in [9.17, 15) is 13.2 Å². The zero-order valence-corrected chi connectivity index (χ0v) is 19.8. The van der Waals surface area contributed by atoms with Gasteiger partial charge in [-0.1, -0.05) is 30.1 Å². The summed E-state index contributed by atoms with van der Waals surface area (Å²) in [7, 11) is -4.05. The van der Waals surface area contributed by atoms with Crippen LogP contribution in [-0.4, -0.2) is 43.1 Å². The van der Waals surface area contributed by atoms with Crippen molar-refractivity contribution in [3.05, 3.63) is 46.6 Å². The lowest BCUT2D eigenvalue weighted by molar-refractivity contribution is -0.117. The van der Waals surface area contributed by atoms with E-state index in [0.29, 0.717) is 17.9 Å². The van der Waals surface area contributed by atoms with Crippen molar-refractivity contribution < 1.29 is 13.2 Å². The van der Waals surface area contributed by atoms with Gasteiger partial charge in [0.05, 0.1) is 21.9 Å². The number of nitrogens with zero attached hydrogens (tertiary/aromatic N) is 1. The quantitative estimate of drug-likeness (QED) is 0.472. The third kappa shape index (κ3) is 7.34. The molecule has 2 rings (SSSR count). The van der Waals surface area contributed by atoms with Crippen molar-refractivity contribution in [3.8, 4) is 0 Å². The molecule has 0 saturated heterocycles. The highest BCUT2D eigenvalue weighted by Crippen LogP contribution is 2.25. The van der Waals surface area contributed by atoms with Gasteiger partial charge in [0.1, 0.15) is 10.9 Å². The molecule has 2 aromatic rings. The number of halogens is 2. The number of amides is 1. The lowest BCUT2D eigenvalue weighted by atomic mass is 10.2. The molecule has 1 aromatic carbocycles. The monoisotopic (exact) mass is 493 g/mol. The first-order valence-corrected chi connectivity index (χ1v) is 13.2. The summed E-state index contributed by atoms with van der Waals surface area (Å²) in [5.41, 5.74) is 0.490. The molecule has 6 nitrogen and oxygen atoms in total. The van der Waals surface area contributed by atoms with Crippen LogP contribution in [0.2, 0.25) is 10.0 Å². The van der Waals surface area contributed by atoms with E-state index in [4.69, 9.17) is 23.2 Å². The van der Waals surface area contributed by atoms with Gasteiger partial charge in [-0.2, -0.15) is 16.5 Å². The summed E-state index contributed by atoms with van der Waals surface area (Å²) in [4.78, 5) is 16.8. The Morgan fingerprint density at radius 3 is 2.62 bits per heavy atom. The first kappa shape index (κ1) is 24.3. The van der Waals surface area contributed by atoms with Crippen molar-refractivity contribution in [1.82, 2.24) is 9.71 Å². The average molecular weight is 494 g/mol. The molecule has 2 N–H and O–H groups in total. The van der Waals surface area contributed by atoms with Crippen LogP contribution < -0.4 is 10.0 Å². The third-order valence-corrected chi connectivity index (χ3v) is 7.36. The molecule has 29 heavy (non-hydrogen) atoms.